The Bertz CT molecular complexity index is 1610. The van der Waals surface area contributed by atoms with E-state index < -0.39 is 0 Å². The predicted molar refractivity (Wildman–Crippen MR) is 152 cm³/mol. The van der Waals surface area contributed by atoms with Crippen molar-refractivity contribution in [1.29, 1.82) is 0 Å². The third kappa shape index (κ3) is 4.81. The number of hydrogen-bond acceptors (Lipinski definition) is 6. The minimum absolute atomic E-state index is 0.0159. The first kappa shape index (κ1) is 24.6. The van der Waals surface area contributed by atoms with Crippen molar-refractivity contribution in [1.82, 2.24) is 24.6 Å². The number of para-hydroxylation sites is 2. The maximum Gasteiger partial charge on any atom is 0.257 e. The molecule has 39 heavy (non-hydrogen) atoms. The van der Waals surface area contributed by atoms with Gasteiger partial charge in [-0.1, -0.05) is 60.7 Å². The van der Waals surface area contributed by atoms with Crippen LogP contribution in [0.1, 0.15) is 27.4 Å². The molecule has 196 valence electrons. The van der Waals surface area contributed by atoms with E-state index in [1.807, 2.05) is 89.3 Å². The Kier molecular flexibility index (Phi) is 6.67. The summed E-state index contributed by atoms with van der Waals surface area (Å²) in [6.45, 7) is 4.50. The number of rotatable bonds is 6. The number of carbonyl (C=O) groups excluding carboxylic acids is 1. The molecule has 8 nitrogen and oxygen atoms in total. The lowest BCUT2D eigenvalue weighted by Crippen LogP contribution is -2.49. The molecule has 8 heteroatoms. The van der Waals surface area contributed by atoms with Crippen molar-refractivity contribution >= 4 is 22.8 Å². The minimum Gasteiger partial charge on any atom is -0.496 e. The van der Waals surface area contributed by atoms with E-state index >= 15 is 0 Å². The Morgan fingerprint density at radius 2 is 1.51 bits per heavy atom. The highest BCUT2D eigenvalue weighted by Crippen LogP contribution is 2.30. The van der Waals surface area contributed by atoms with Crippen molar-refractivity contribution in [2.75, 3.05) is 38.2 Å². The third-order valence-corrected chi connectivity index (χ3v) is 7.14. The summed E-state index contributed by atoms with van der Waals surface area (Å²) in [5.41, 5.74) is 4.36. The van der Waals surface area contributed by atoms with Crippen LogP contribution in [0.3, 0.4) is 0 Å². The van der Waals surface area contributed by atoms with Gasteiger partial charge in [-0.15, -0.1) is 0 Å². The van der Waals surface area contributed by atoms with E-state index in [9.17, 15) is 4.79 Å². The molecular weight excluding hydrogens is 488 g/mol. The molecule has 1 fully saturated rings. The van der Waals surface area contributed by atoms with Crippen LogP contribution in [0.5, 0.6) is 5.75 Å². The fraction of sp³-hybridized carbons (Fsp3) is 0.226. The van der Waals surface area contributed by atoms with Gasteiger partial charge >= 0.3 is 0 Å². The molecule has 1 saturated heterocycles. The van der Waals surface area contributed by atoms with Gasteiger partial charge in [0.25, 0.3) is 5.91 Å². The first-order valence-electron chi connectivity index (χ1n) is 13.1. The van der Waals surface area contributed by atoms with Crippen molar-refractivity contribution in [2.45, 2.75) is 13.3 Å². The summed E-state index contributed by atoms with van der Waals surface area (Å²) in [5, 5.41) is 5.82. The summed E-state index contributed by atoms with van der Waals surface area (Å²) < 4.78 is 7.33. The molecular formula is C31H30N6O2. The molecule has 5 aromatic rings. The van der Waals surface area contributed by atoms with Gasteiger partial charge in [0.15, 0.2) is 5.65 Å². The molecule has 6 rings (SSSR count). The zero-order valence-electron chi connectivity index (χ0n) is 22.1. The number of aromatic nitrogens is 4. The van der Waals surface area contributed by atoms with E-state index in [1.54, 1.807) is 7.11 Å². The molecule has 0 bridgehead atoms. The Morgan fingerprint density at radius 1 is 0.846 bits per heavy atom. The van der Waals surface area contributed by atoms with Gasteiger partial charge in [-0.3, -0.25) is 4.79 Å². The van der Waals surface area contributed by atoms with Gasteiger partial charge in [-0.05, 0) is 36.8 Å². The van der Waals surface area contributed by atoms with Crippen molar-refractivity contribution in [2.24, 2.45) is 0 Å². The molecule has 0 N–H and O–H groups in total. The highest BCUT2D eigenvalue weighted by molar-refractivity contribution is 5.97. The Labute approximate surface area is 227 Å². The van der Waals surface area contributed by atoms with E-state index in [0.717, 1.165) is 39.6 Å². The van der Waals surface area contributed by atoms with E-state index in [0.29, 0.717) is 43.9 Å². The number of anilines is 1. The van der Waals surface area contributed by atoms with Crippen LogP contribution in [-0.2, 0) is 6.42 Å². The summed E-state index contributed by atoms with van der Waals surface area (Å²) in [4.78, 5) is 27.5. The summed E-state index contributed by atoms with van der Waals surface area (Å²) in [6.07, 6.45) is 0.620. The lowest BCUT2D eigenvalue weighted by Gasteiger charge is -2.36. The van der Waals surface area contributed by atoms with Crippen molar-refractivity contribution < 1.29 is 9.53 Å². The van der Waals surface area contributed by atoms with Gasteiger partial charge in [-0.2, -0.15) is 5.10 Å². The van der Waals surface area contributed by atoms with Crippen molar-refractivity contribution in [3.63, 3.8) is 0 Å². The number of methoxy groups -OCH3 is 1. The third-order valence-electron chi connectivity index (χ3n) is 7.14. The number of benzene rings is 3. The van der Waals surface area contributed by atoms with Crippen LogP contribution in [0.25, 0.3) is 16.7 Å². The lowest BCUT2D eigenvalue weighted by atomic mass is 10.1. The first-order chi connectivity index (χ1) is 19.1. The first-order valence-corrected chi connectivity index (χ1v) is 13.1. The molecule has 0 saturated carbocycles. The average molecular weight is 519 g/mol. The second-order valence-electron chi connectivity index (χ2n) is 9.64. The van der Waals surface area contributed by atoms with E-state index in [1.165, 1.54) is 0 Å². The Morgan fingerprint density at radius 3 is 2.23 bits per heavy atom. The highest BCUT2D eigenvalue weighted by atomic mass is 16.5. The molecule has 3 heterocycles. The number of fused-ring (bicyclic) bond motifs is 1. The van der Waals surface area contributed by atoms with E-state index in [2.05, 4.69) is 17.0 Å². The van der Waals surface area contributed by atoms with E-state index in [-0.39, 0.29) is 5.91 Å². The zero-order chi connectivity index (χ0) is 26.8. The van der Waals surface area contributed by atoms with Gasteiger partial charge in [0, 0.05) is 32.6 Å². The molecule has 0 aliphatic carbocycles. The molecule has 1 amide bonds. The molecule has 0 spiro atoms. The summed E-state index contributed by atoms with van der Waals surface area (Å²) in [6, 6.07) is 27.7. The largest absolute Gasteiger partial charge is 0.496 e. The van der Waals surface area contributed by atoms with Crippen molar-refractivity contribution in [3.8, 4) is 11.4 Å². The van der Waals surface area contributed by atoms with Gasteiger partial charge in [0.05, 0.1) is 29.4 Å². The monoisotopic (exact) mass is 518 g/mol. The smallest absolute Gasteiger partial charge is 0.257 e. The lowest BCUT2D eigenvalue weighted by molar-refractivity contribution is 0.0743. The average Bonchev–Trinajstić information content (AvgIpc) is 3.33. The molecule has 1 aliphatic heterocycles. The number of aryl methyl sites for hydroxylation is 1. The maximum atomic E-state index is 13.3. The van der Waals surface area contributed by atoms with Crippen LogP contribution >= 0.6 is 0 Å². The van der Waals surface area contributed by atoms with Gasteiger partial charge in [0.2, 0.25) is 0 Å². The fourth-order valence-electron chi connectivity index (χ4n) is 5.15. The zero-order valence-corrected chi connectivity index (χ0v) is 22.1. The van der Waals surface area contributed by atoms with Gasteiger partial charge < -0.3 is 14.5 Å². The predicted octanol–water partition coefficient (Wildman–Crippen LogP) is 4.69. The number of nitrogens with zero attached hydrogens (tertiary/aromatic N) is 6. The molecule has 0 radical (unpaired) electrons. The molecule has 3 aromatic carbocycles. The van der Waals surface area contributed by atoms with Crippen LogP contribution in [0.4, 0.5) is 5.82 Å². The van der Waals surface area contributed by atoms with Crippen LogP contribution in [0, 0.1) is 6.92 Å². The van der Waals surface area contributed by atoms with Crippen molar-refractivity contribution in [3.05, 3.63) is 108 Å². The maximum absolute atomic E-state index is 13.3. The van der Waals surface area contributed by atoms with E-state index in [4.69, 9.17) is 19.8 Å². The van der Waals surface area contributed by atoms with Gasteiger partial charge in [0.1, 0.15) is 17.4 Å². The number of ether oxygens (including phenoxy) is 1. The number of amides is 1. The topological polar surface area (TPSA) is 76.4 Å². The number of piperazine rings is 1. The standard InChI is InChI=1S/C31H30N6O2/c1-22-28-29(35-17-19-36(20-18-35)31(38)25-15-9-10-16-26(25)39-2)32-27(21-23-11-5-3-6-12-23)33-30(28)37(34-22)24-13-7-4-8-14-24/h3-16H,17-21H2,1-2H3. The van der Waals surface area contributed by atoms with Crippen LogP contribution in [-0.4, -0.2) is 63.8 Å². The van der Waals surface area contributed by atoms with Crippen LogP contribution in [0.2, 0.25) is 0 Å². The molecule has 1 aliphatic rings. The summed E-state index contributed by atoms with van der Waals surface area (Å²) in [7, 11) is 1.59. The summed E-state index contributed by atoms with van der Waals surface area (Å²) >= 11 is 0. The number of hydrogen-bond donors (Lipinski definition) is 0. The Balaban J connectivity index is 1.35. The fourth-order valence-corrected chi connectivity index (χ4v) is 5.15. The second-order valence-corrected chi connectivity index (χ2v) is 9.64. The quantitative estimate of drug-likeness (QED) is 0.325. The molecule has 0 unspecified atom stereocenters. The van der Waals surface area contributed by atoms with Gasteiger partial charge in [-0.25, -0.2) is 14.6 Å². The molecule has 2 aromatic heterocycles. The highest BCUT2D eigenvalue weighted by Gasteiger charge is 2.28. The summed E-state index contributed by atoms with van der Waals surface area (Å²) in [5.74, 6) is 2.19. The van der Waals surface area contributed by atoms with Crippen LogP contribution in [0.15, 0.2) is 84.9 Å². The second kappa shape index (κ2) is 10.6. The minimum atomic E-state index is -0.0159. The van der Waals surface area contributed by atoms with Crippen LogP contribution < -0.4 is 9.64 Å². The number of carbonyl (C=O) groups is 1. The normalized spacial score (nSPS) is 13.6. The Hall–Kier alpha value is -4.72. The SMILES string of the molecule is COc1ccccc1C(=O)N1CCN(c2nc(Cc3ccccc3)nc3c2c(C)nn3-c2ccccc2)CC1. The molecule has 0 atom stereocenters.